The number of benzene rings is 1. The second-order valence-electron chi connectivity index (χ2n) is 5.11. The maximum absolute atomic E-state index is 11.0. The third-order valence-corrected chi connectivity index (χ3v) is 3.39. The highest BCUT2D eigenvalue weighted by molar-refractivity contribution is 6.30. The largest absolute Gasteiger partial charge is 0.463 e. The molecular formula is C17H21ClN4O4. The number of anilines is 2. The predicted octanol–water partition coefficient (Wildman–Crippen LogP) is 2.89. The number of halogens is 1. The number of carbonyl (C=O) groups excluding carboxylic acids is 1. The van der Waals surface area contributed by atoms with E-state index in [2.05, 4.69) is 15.3 Å². The number of nitrogen functional groups attached to an aromatic ring is 1. The monoisotopic (exact) mass is 380 g/mol. The summed E-state index contributed by atoms with van der Waals surface area (Å²) in [7, 11) is 0. The molecule has 0 aliphatic rings. The van der Waals surface area contributed by atoms with Crippen molar-refractivity contribution in [1.82, 2.24) is 9.97 Å². The van der Waals surface area contributed by atoms with E-state index in [1.54, 1.807) is 31.2 Å². The minimum Gasteiger partial charge on any atom is -0.463 e. The maximum atomic E-state index is 11.0. The van der Waals surface area contributed by atoms with Crippen LogP contribution in [0.2, 0.25) is 5.02 Å². The molecular weight excluding hydrogens is 360 g/mol. The SMILES string of the molecule is CCC(=O)OCCOCCNc1nc(N)ncc1Oc1ccc(Cl)cc1. The highest BCUT2D eigenvalue weighted by Gasteiger charge is 2.08. The van der Waals surface area contributed by atoms with Gasteiger partial charge in [0.15, 0.2) is 11.6 Å². The van der Waals surface area contributed by atoms with Crippen molar-refractivity contribution >= 4 is 29.3 Å². The van der Waals surface area contributed by atoms with Crippen LogP contribution in [0, 0.1) is 0 Å². The van der Waals surface area contributed by atoms with E-state index in [0.717, 1.165) is 0 Å². The average molecular weight is 381 g/mol. The molecule has 0 aliphatic carbocycles. The van der Waals surface area contributed by atoms with E-state index in [-0.39, 0.29) is 18.5 Å². The molecule has 0 spiro atoms. The number of rotatable bonds is 10. The van der Waals surface area contributed by atoms with Gasteiger partial charge in [-0.2, -0.15) is 4.98 Å². The summed E-state index contributed by atoms with van der Waals surface area (Å²) in [4.78, 5) is 19.1. The summed E-state index contributed by atoms with van der Waals surface area (Å²) in [5.41, 5.74) is 5.64. The number of ether oxygens (including phenoxy) is 3. The lowest BCUT2D eigenvalue weighted by molar-refractivity contribution is -0.144. The van der Waals surface area contributed by atoms with E-state index in [1.807, 2.05) is 0 Å². The quantitative estimate of drug-likeness (QED) is 0.478. The first-order chi connectivity index (χ1) is 12.6. The second kappa shape index (κ2) is 10.4. The summed E-state index contributed by atoms with van der Waals surface area (Å²) in [6.45, 7) is 3.17. The van der Waals surface area contributed by atoms with Gasteiger partial charge in [0.05, 0.1) is 19.4 Å². The van der Waals surface area contributed by atoms with Crippen LogP contribution in [0.5, 0.6) is 11.5 Å². The zero-order valence-corrected chi connectivity index (χ0v) is 15.2. The smallest absolute Gasteiger partial charge is 0.305 e. The molecule has 3 N–H and O–H groups in total. The van der Waals surface area contributed by atoms with Crippen molar-refractivity contribution in [2.45, 2.75) is 13.3 Å². The molecule has 8 nitrogen and oxygen atoms in total. The van der Waals surface area contributed by atoms with Crippen molar-refractivity contribution < 1.29 is 19.0 Å². The van der Waals surface area contributed by atoms with Crippen LogP contribution < -0.4 is 15.8 Å². The van der Waals surface area contributed by atoms with Gasteiger partial charge in [-0.3, -0.25) is 4.79 Å². The Morgan fingerprint density at radius 3 is 2.73 bits per heavy atom. The summed E-state index contributed by atoms with van der Waals surface area (Å²) in [5.74, 6) is 1.36. The van der Waals surface area contributed by atoms with Crippen molar-refractivity contribution in [1.29, 1.82) is 0 Å². The Bertz CT molecular complexity index is 712. The molecule has 0 bridgehead atoms. The number of nitrogens with two attached hydrogens (primary N) is 1. The van der Waals surface area contributed by atoms with Gasteiger partial charge in [-0.15, -0.1) is 0 Å². The van der Waals surface area contributed by atoms with E-state index < -0.39 is 0 Å². The molecule has 9 heteroatoms. The van der Waals surface area contributed by atoms with Crippen LogP contribution in [-0.4, -0.2) is 42.3 Å². The van der Waals surface area contributed by atoms with Crippen LogP contribution in [0.25, 0.3) is 0 Å². The maximum Gasteiger partial charge on any atom is 0.305 e. The van der Waals surface area contributed by atoms with Gasteiger partial charge in [0.2, 0.25) is 5.95 Å². The number of hydrogen-bond acceptors (Lipinski definition) is 8. The number of esters is 1. The van der Waals surface area contributed by atoms with Crippen LogP contribution in [-0.2, 0) is 14.3 Å². The molecule has 0 fully saturated rings. The molecule has 2 rings (SSSR count). The Hall–Kier alpha value is -2.58. The molecule has 1 aromatic carbocycles. The summed E-state index contributed by atoms with van der Waals surface area (Å²) in [6.07, 6.45) is 1.84. The zero-order valence-electron chi connectivity index (χ0n) is 14.4. The lowest BCUT2D eigenvalue weighted by Crippen LogP contribution is -2.15. The third-order valence-electron chi connectivity index (χ3n) is 3.13. The first-order valence-electron chi connectivity index (χ1n) is 8.11. The number of nitrogens with zero attached hydrogens (tertiary/aromatic N) is 2. The zero-order chi connectivity index (χ0) is 18.8. The fourth-order valence-electron chi connectivity index (χ4n) is 1.88. The molecule has 0 saturated heterocycles. The van der Waals surface area contributed by atoms with E-state index in [1.165, 1.54) is 6.20 Å². The fourth-order valence-corrected chi connectivity index (χ4v) is 2.00. The molecule has 0 radical (unpaired) electrons. The Morgan fingerprint density at radius 1 is 1.23 bits per heavy atom. The van der Waals surface area contributed by atoms with Crippen molar-refractivity contribution in [3.63, 3.8) is 0 Å². The average Bonchev–Trinajstić information content (AvgIpc) is 2.64. The van der Waals surface area contributed by atoms with Crippen molar-refractivity contribution in [3.8, 4) is 11.5 Å². The highest BCUT2D eigenvalue weighted by Crippen LogP contribution is 2.28. The Morgan fingerprint density at radius 2 is 2.00 bits per heavy atom. The van der Waals surface area contributed by atoms with Gasteiger partial charge in [0.1, 0.15) is 12.4 Å². The highest BCUT2D eigenvalue weighted by atomic mass is 35.5. The molecule has 0 unspecified atom stereocenters. The lowest BCUT2D eigenvalue weighted by Gasteiger charge is -2.12. The molecule has 2 aromatic rings. The topological polar surface area (TPSA) is 109 Å². The summed E-state index contributed by atoms with van der Waals surface area (Å²) in [6, 6.07) is 6.93. The van der Waals surface area contributed by atoms with Crippen LogP contribution in [0.4, 0.5) is 11.8 Å². The van der Waals surface area contributed by atoms with Crippen molar-refractivity contribution in [2.75, 3.05) is 37.4 Å². The normalized spacial score (nSPS) is 10.4. The van der Waals surface area contributed by atoms with Crippen molar-refractivity contribution in [2.24, 2.45) is 0 Å². The number of nitrogens with one attached hydrogen (secondary N) is 1. The Balaban J connectivity index is 1.81. The second-order valence-corrected chi connectivity index (χ2v) is 5.55. The number of aromatic nitrogens is 2. The van der Waals surface area contributed by atoms with Gasteiger partial charge >= 0.3 is 5.97 Å². The molecule has 140 valence electrons. The lowest BCUT2D eigenvalue weighted by atomic mass is 10.3. The predicted molar refractivity (Wildman–Crippen MR) is 98.5 cm³/mol. The number of carbonyl (C=O) groups is 1. The molecule has 1 aromatic heterocycles. The third kappa shape index (κ3) is 6.73. The van der Waals surface area contributed by atoms with Crippen LogP contribution in [0.3, 0.4) is 0 Å². The minimum absolute atomic E-state index is 0.128. The summed E-state index contributed by atoms with van der Waals surface area (Å²) in [5, 5.41) is 3.70. The van der Waals surface area contributed by atoms with Crippen LogP contribution >= 0.6 is 11.6 Å². The molecule has 26 heavy (non-hydrogen) atoms. The number of hydrogen-bond donors (Lipinski definition) is 2. The fraction of sp³-hybridized carbons (Fsp3) is 0.353. The summed E-state index contributed by atoms with van der Waals surface area (Å²) >= 11 is 5.86. The van der Waals surface area contributed by atoms with E-state index >= 15 is 0 Å². The summed E-state index contributed by atoms with van der Waals surface area (Å²) < 4.78 is 16.1. The van der Waals surface area contributed by atoms with E-state index in [4.69, 9.17) is 31.5 Å². The molecule has 1 heterocycles. The molecule has 0 atom stereocenters. The molecule has 0 aliphatic heterocycles. The molecule has 0 saturated carbocycles. The minimum atomic E-state index is -0.243. The van der Waals surface area contributed by atoms with Crippen molar-refractivity contribution in [3.05, 3.63) is 35.5 Å². The first-order valence-corrected chi connectivity index (χ1v) is 8.49. The van der Waals surface area contributed by atoms with Gasteiger partial charge in [0.25, 0.3) is 0 Å². The van der Waals surface area contributed by atoms with Gasteiger partial charge < -0.3 is 25.3 Å². The van der Waals surface area contributed by atoms with E-state index in [0.29, 0.717) is 48.5 Å². The van der Waals surface area contributed by atoms with Crippen LogP contribution in [0.1, 0.15) is 13.3 Å². The molecule has 0 amide bonds. The van der Waals surface area contributed by atoms with E-state index in [9.17, 15) is 4.79 Å². The first kappa shape index (κ1) is 19.7. The Labute approximate surface area is 156 Å². The Kier molecular flexibility index (Phi) is 7.91. The van der Waals surface area contributed by atoms with Crippen LogP contribution in [0.15, 0.2) is 30.5 Å². The van der Waals surface area contributed by atoms with Gasteiger partial charge in [0, 0.05) is 18.0 Å². The standard InChI is InChI=1S/C17H21ClN4O4/c1-2-15(23)25-10-9-24-8-7-20-16-14(11-21-17(19)22-16)26-13-5-3-12(18)4-6-13/h3-6,11H,2,7-10H2,1H3,(H3,19,20,21,22). The van der Waals surface area contributed by atoms with Gasteiger partial charge in [-0.25, -0.2) is 4.98 Å². The van der Waals surface area contributed by atoms with Gasteiger partial charge in [-0.1, -0.05) is 18.5 Å². The van der Waals surface area contributed by atoms with Gasteiger partial charge in [-0.05, 0) is 24.3 Å².